The molecule has 0 aliphatic heterocycles. The molecule has 110 valence electrons. The summed E-state index contributed by atoms with van der Waals surface area (Å²) >= 11 is -2.32. The monoisotopic (exact) mass is 277 g/mol. The predicted molar refractivity (Wildman–Crippen MR) is 76.0 cm³/mol. The lowest BCUT2D eigenvalue weighted by atomic mass is 10.1. The quantitative estimate of drug-likeness (QED) is 0.410. The molecule has 0 aromatic carbocycles. The van der Waals surface area contributed by atoms with Gasteiger partial charge in [0, 0.05) is 0 Å². The molecule has 0 saturated carbocycles. The summed E-state index contributed by atoms with van der Waals surface area (Å²) in [5.74, 6) is 0. The van der Waals surface area contributed by atoms with Gasteiger partial charge in [0.15, 0.2) is 0 Å². The van der Waals surface area contributed by atoms with E-state index in [2.05, 4.69) is 6.92 Å². The van der Waals surface area contributed by atoms with Gasteiger partial charge in [-0.3, -0.25) is 4.21 Å². The Labute approximate surface area is 115 Å². The van der Waals surface area contributed by atoms with Crippen molar-refractivity contribution in [3.8, 4) is 0 Å². The minimum atomic E-state index is -2.32. The van der Waals surface area contributed by atoms with Crippen molar-refractivity contribution in [3.63, 3.8) is 0 Å². The summed E-state index contributed by atoms with van der Waals surface area (Å²) < 4.78 is 20.7. The van der Waals surface area contributed by atoms with Crippen molar-refractivity contribution >= 4 is 11.1 Å². The Kier molecular flexibility index (Phi) is 13.6. The maximum absolute atomic E-state index is 10.4. The van der Waals surface area contributed by atoms with Gasteiger partial charge in [-0.1, -0.05) is 71.1 Å². The first kappa shape index (κ1) is 18.1. The van der Waals surface area contributed by atoms with Gasteiger partial charge in [0.05, 0.1) is 0 Å². The second kappa shape index (κ2) is 13.5. The Bertz CT molecular complexity index is 197. The van der Waals surface area contributed by atoms with Crippen molar-refractivity contribution in [2.75, 3.05) is 0 Å². The Hall–Kier alpha value is 0.0700. The van der Waals surface area contributed by atoms with Gasteiger partial charge in [-0.25, -0.2) is 0 Å². The predicted octanol–water partition coefficient (Wildman–Crippen LogP) is 3.89. The van der Waals surface area contributed by atoms with E-state index >= 15 is 0 Å². The Morgan fingerprint density at radius 1 is 0.889 bits per heavy atom. The molecule has 0 rings (SSSR count). The van der Waals surface area contributed by atoms with E-state index in [1.165, 1.54) is 51.4 Å². The summed E-state index contributed by atoms with van der Waals surface area (Å²) in [6.45, 7) is 2.24. The first-order chi connectivity index (χ1) is 8.68. The zero-order chi connectivity index (χ0) is 13.6. The Morgan fingerprint density at radius 2 is 1.28 bits per heavy atom. The normalized spacial score (nSPS) is 14.6. The smallest absolute Gasteiger partial charge is 0.115 e. The summed E-state index contributed by atoms with van der Waals surface area (Å²) in [5.41, 5.74) is -1.16. The largest absolute Gasteiger partial charge is 0.770 e. The fraction of sp³-hybridized carbons (Fsp3) is 1.00. The third kappa shape index (κ3) is 12.5. The van der Waals surface area contributed by atoms with E-state index in [0.29, 0.717) is 6.42 Å². The summed E-state index contributed by atoms with van der Waals surface area (Å²) in [6, 6.07) is 0. The molecule has 0 saturated heterocycles. The van der Waals surface area contributed by atoms with E-state index in [-0.39, 0.29) is 0 Å². The average Bonchev–Trinajstić information content (AvgIpc) is 2.35. The van der Waals surface area contributed by atoms with E-state index in [9.17, 15) is 8.76 Å². The molecule has 1 N–H and O–H groups in total. The average molecular weight is 277 g/mol. The molecule has 0 bridgehead atoms. The van der Waals surface area contributed by atoms with Crippen molar-refractivity contribution in [1.29, 1.82) is 0 Å². The lowest BCUT2D eigenvalue weighted by molar-refractivity contribution is 0.229. The van der Waals surface area contributed by atoms with Gasteiger partial charge < -0.3 is 9.66 Å². The summed E-state index contributed by atoms with van der Waals surface area (Å²) in [5, 5.41) is 9.06. The zero-order valence-corrected chi connectivity index (χ0v) is 12.6. The van der Waals surface area contributed by atoms with Crippen LogP contribution in [0.25, 0.3) is 0 Å². The SMILES string of the molecule is CCCCCCCCCCCCCC(O)S(=O)[O-]. The number of hydrogen-bond acceptors (Lipinski definition) is 3. The topological polar surface area (TPSA) is 60.4 Å². The third-order valence-corrected chi connectivity index (χ3v) is 3.96. The van der Waals surface area contributed by atoms with Crippen LogP contribution in [0.4, 0.5) is 0 Å². The van der Waals surface area contributed by atoms with Gasteiger partial charge >= 0.3 is 0 Å². The van der Waals surface area contributed by atoms with Crippen LogP contribution in [-0.2, 0) is 11.1 Å². The van der Waals surface area contributed by atoms with Crippen LogP contribution >= 0.6 is 0 Å². The fourth-order valence-corrected chi connectivity index (χ4v) is 2.44. The molecule has 0 fully saturated rings. The van der Waals surface area contributed by atoms with E-state index in [1.54, 1.807) is 0 Å². The highest BCUT2D eigenvalue weighted by molar-refractivity contribution is 7.79. The standard InChI is InChI=1S/C14H30O3S/c1-2-3-4-5-6-7-8-9-10-11-12-13-14(15)18(16)17/h14-15H,2-13H2,1H3,(H,16,17)/p-1. The van der Waals surface area contributed by atoms with E-state index in [0.717, 1.165) is 19.3 Å². The molecule has 4 heteroatoms. The summed E-state index contributed by atoms with van der Waals surface area (Å²) in [6.07, 6.45) is 14.0. The Balaban J connectivity index is 3.05. The first-order valence-electron chi connectivity index (χ1n) is 7.44. The molecular formula is C14H29O3S-. The maximum Gasteiger partial charge on any atom is 0.115 e. The van der Waals surface area contributed by atoms with Crippen LogP contribution in [0.3, 0.4) is 0 Å². The maximum atomic E-state index is 10.4. The molecule has 0 aromatic heterocycles. The lowest BCUT2D eigenvalue weighted by Crippen LogP contribution is -2.12. The van der Waals surface area contributed by atoms with Crippen LogP contribution in [0, 0.1) is 0 Å². The third-order valence-electron chi connectivity index (χ3n) is 3.28. The molecule has 0 aliphatic rings. The molecule has 3 nitrogen and oxygen atoms in total. The number of aliphatic hydroxyl groups excluding tert-OH is 1. The molecule has 0 amide bonds. The highest BCUT2D eigenvalue weighted by Gasteiger charge is 2.02. The van der Waals surface area contributed by atoms with Crippen LogP contribution in [0.2, 0.25) is 0 Å². The second-order valence-corrected chi connectivity index (χ2v) is 6.10. The minimum absolute atomic E-state index is 0.382. The molecule has 0 radical (unpaired) electrons. The van der Waals surface area contributed by atoms with Crippen LogP contribution in [0.5, 0.6) is 0 Å². The van der Waals surface area contributed by atoms with Gasteiger partial charge in [0.25, 0.3) is 0 Å². The van der Waals surface area contributed by atoms with Crippen molar-refractivity contribution in [1.82, 2.24) is 0 Å². The number of hydrogen-bond donors (Lipinski definition) is 1. The number of aliphatic hydroxyl groups is 1. The van der Waals surface area contributed by atoms with Crippen LogP contribution in [0.1, 0.15) is 84.0 Å². The van der Waals surface area contributed by atoms with Crippen LogP contribution in [0.15, 0.2) is 0 Å². The van der Waals surface area contributed by atoms with Gasteiger partial charge in [0.2, 0.25) is 0 Å². The second-order valence-electron chi connectivity index (χ2n) is 5.04. The molecule has 0 aromatic rings. The summed E-state index contributed by atoms with van der Waals surface area (Å²) in [4.78, 5) is 0. The van der Waals surface area contributed by atoms with E-state index < -0.39 is 16.5 Å². The van der Waals surface area contributed by atoms with Crippen LogP contribution in [-0.4, -0.2) is 19.3 Å². The van der Waals surface area contributed by atoms with Crippen molar-refractivity contribution in [2.45, 2.75) is 89.4 Å². The van der Waals surface area contributed by atoms with Crippen molar-refractivity contribution in [3.05, 3.63) is 0 Å². The van der Waals surface area contributed by atoms with E-state index in [4.69, 9.17) is 5.11 Å². The molecular weight excluding hydrogens is 248 g/mol. The number of rotatable bonds is 13. The number of unbranched alkanes of at least 4 members (excludes halogenated alkanes) is 10. The molecule has 0 aliphatic carbocycles. The summed E-state index contributed by atoms with van der Waals surface area (Å²) in [7, 11) is 0. The van der Waals surface area contributed by atoms with Crippen molar-refractivity contribution in [2.24, 2.45) is 0 Å². The van der Waals surface area contributed by atoms with Crippen molar-refractivity contribution < 1.29 is 13.9 Å². The van der Waals surface area contributed by atoms with Gasteiger partial charge in [-0.05, 0) is 23.9 Å². The Morgan fingerprint density at radius 3 is 1.67 bits per heavy atom. The molecule has 2 unspecified atom stereocenters. The zero-order valence-electron chi connectivity index (χ0n) is 11.7. The van der Waals surface area contributed by atoms with Gasteiger partial charge in [-0.15, -0.1) is 0 Å². The molecule has 0 heterocycles. The highest BCUT2D eigenvalue weighted by atomic mass is 32.2. The first-order valence-corrected chi connectivity index (χ1v) is 8.58. The fourth-order valence-electron chi connectivity index (χ4n) is 2.08. The van der Waals surface area contributed by atoms with Gasteiger partial charge in [0.1, 0.15) is 5.44 Å². The molecule has 2 atom stereocenters. The minimum Gasteiger partial charge on any atom is -0.770 e. The van der Waals surface area contributed by atoms with Gasteiger partial charge in [-0.2, -0.15) is 0 Å². The molecule has 0 spiro atoms. The van der Waals surface area contributed by atoms with Crippen LogP contribution < -0.4 is 0 Å². The van der Waals surface area contributed by atoms with E-state index in [1.807, 2.05) is 0 Å². The highest BCUT2D eigenvalue weighted by Crippen LogP contribution is 2.12. The molecule has 18 heavy (non-hydrogen) atoms. The lowest BCUT2D eigenvalue weighted by Gasteiger charge is -2.12.